The van der Waals surface area contributed by atoms with Crippen LogP contribution in [0, 0.1) is 0 Å². The number of carbonyl (C=O) groups is 1. The van der Waals surface area contributed by atoms with Crippen molar-refractivity contribution in [3.05, 3.63) is 29.8 Å². The quantitative estimate of drug-likeness (QED) is 0.807. The number of rotatable bonds is 6. The molecule has 7 heteroatoms. The van der Waals surface area contributed by atoms with Gasteiger partial charge in [-0.15, -0.1) is 0 Å². The first kappa shape index (κ1) is 15.9. The standard InChI is InChI=1S/C14H20N2O4S/c1-10(17)11-4-3-5-13(8-11)21(19,20)16(2)9-14(18)15-12-6-7-12/h3-5,8,10,12,17H,6-7,9H2,1-2H3,(H,15,18). The summed E-state index contributed by atoms with van der Waals surface area (Å²) in [7, 11) is -2.37. The molecule has 0 aromatic heterocycles. The van der Waals surface area contributed by atoms with Crippen molar-refractivity contribution in [2.45, 2.75) is 36.8 Å². The van der Waals surface area contributed by atoms with E-state index < -0.39 is 16.1 Å². The van der Waals surface area contributed by atoms with E-state index in [1.807, 2.05) is 0 Å². The molecule has 1 aliphatic carbocycles. The van der Waals surface area contributed by atoms with Crippen LogP contribution in [0.5, 0.6) is 0 Å². The van der Waals surface area contributed by atoms with Crippen LogP contribution >= 0.6 is 0 Å². The van der Waals surface area contributed by atoms with Crippen molar-refractivity contribution < 1.29 is 18.3 Å². The number of hydrogen-bond donors (Lipinski definition) is 2. The van der Waals surface area contributed by atoms with Gasteiger partial charge >= 0.3 is 0 Å². The SMILES string of the molecule is CC(O)c1cccc(S(=O)(=O)N(C)CC(=O)NC2CC2)c1. The second-order valence-corrected chi connectivity index (χ2v) is 7.40. The van der Waals surface area contributed by atoms with Gasteiger partial charge < -0.3 is 10.4 Å². The highest BCUT2D eigenvalue weighted by Crippen LogP contribution is 2.21. The van der Waals surface area contributed by atoms with Crippen molar-refractivity contribution in [3.63, 3.8) is 0 Å². The van der Waals surface area contributed by atoms with E-state index in [-0.39, 0.29) is 23.4 Å². The lowest BCUT2D eigenvalue weighted by Crippen LogP contribution is -2.39. The van der Waals surface area contributed by atoms with Crippen molar-refractivity contribution in [3.8, 4) is 0 Å². The zero-order valence-corrected chi connectivity index (χ0v) is 12.9. The van der Waals surface area contributed by atoms with Gasteiger partial charge in [0.15, 0.2) is 0 Å². The van der Waals surface area contributed by atoms with Crippen molar-refractivity contribution in [2.75, 3.05) is 13.6 Å². The molecule has 0 aliphatic heterocycles. The molecule has 1 aromatic carbocycles. The van der Waals surface area contributed by atoms with E-state index in [4.69, 9.17) is 0 Å². The molecule has 0 saturated heterocycles. The van der Waals surface area contributed by atoms with E-state index in [2.05, 4.69) is 5.32 Å². The third-order valence-corrected chi connectivity index (χ3v) is 5.16. The molecule has 0 bridgehead atoms. The average Bonchev–Trinajstić information content (AvgIpc) is 3.22. The second-order valence-electron chi connectivity index (χ2n) is 5.35. The number of sulfonamides is 1. The third kappa shape index (κ3) is 4.03. The molecule has 0 heterocycles. The average molecular weight is 312 g/mol. The Morgan fingerprint density at radius 1 is 1.48 bits per heavy atom. The van der Waals surface area contributed by atoms with E-state index >= 15 is 0 Å². The maximum atomic E-state index is 12.4. The lowest BCUT2D eigenvalue weighted by Gasteiger charge is -2.17. The Bertz CT molecular complexity index is 624. The molecule has 21 heavy (non-hydrogen) atoms. The molecular formula is C14H20N2O4S. The Morgan fingerprint density at radius 2 is 2.14 bits per heavy atom. The number of amides is 1. The van der Waals surface area contributed by atoms with Crippen LogP contribution in [0.15, 0.2) is 29.2 Å². The minimum absolute atomic E-state index is 0.0719. The van der Waals surface area contributed by atoms with Gasteiger partial charge in [0, 0.05) is 13.1 Å². The second kappa shape index (κ2) is 6.13. The van der Waals surface area contributed by atoms with Crippen LogP contribution in [-0.4, -0.2) is 43.4 Å². The van der Waals surface area contributed by atoms with Crippen LogP contribution in [0.25, 0.3) is 0 Å². The molecule has 1 atom stereocenters. The Hall–Kier alpha value is -1.44. The van der Waals surface area contributed by atoms with Crippen LogP contribution in [0.3, 0.4) is 0 Å². The number of likely N-dealkylation sites (N-methyl/N-ethyl adjacent to an activating group) is 1. The number of carbonyl (C=O) groups excluding carboxylic acids is 1. The molecule has 2 rings (SSSR count). The highest BCUT2D eigenvalue weighted by atomic mass is 32.2. The molecule has 2 N–H and O–H groups in total. The summed E-state index contributed by atoms with van der Waals surface area (Å²) in [6, 6.07) is 6.31. The van der Waals surface area contributed by atoms with Crippen molar-refractivity contribution in [1.29, 1.82) is 0 Å². The molecule has 116 valence electrons. The van der Waals surface area contributed by atoms with Crippen LogP contribution in [0.1, 0.15) is 31.4 Å². The predicted molar refractivity (Wildman–Crippen MR) is 78.1 cm³/mol. The Labute approximate surface area is 124 Å². The van der Waals surface area contributed by atoms with Gasteiger partial charge in [-0.3, -0.25) is 4.79 Å². The zero-order chi connectivity index (χ0) is 15.6. The van der Waals surface area contributed by atoms with Gasteiger partial charge in [-0.05, 0) is 37.5 Å². The Kier molecular flexibility index (Phi) is 4.65. The molecule has 0 radical (unpaired) electrons. The summed E-state index contributed by atoms with van der Waals surface area (Å²) in [5.74, 6) is -0.296. The number of nitrogens with zero attached hydrogens (tertiary/aromatic N) is 1. The minimum Gasteiger partial charge on any atom is -0.389 e. The van der Waals surface area contributed by atoms with Crippen molar-refractivity contribution in [2.24, 2.45) is 0 Å². The largest absolute Gasteiger partial charge is 0.389 e. The molecule has 1 unspecified atom stereocenters. The smallest absolute Gasteiger partial charge is 0.243 e. The normalized spacial score (nSPS) is 16.8. The van der Waals surface area contributed by atoms with E-state index in [9.17, 15) is 18.3 Å². The molecule has 6 nitrogen and oxygen atoms in total. The lowest BCUT2D eigenvalue weighted by molar-refractivity contribution is -0.121. The van der Waals surface area contributed by atoms with E-state index in [0.29, 0.717) is 5.56 Å². The minimum atomic E-state index is -3.74. The van der Waals surface area contributed by atoms with Gasteiger partial charge in [-0.1, -0.05) is 12.1 Å². The van der Waals surface area contributed by atoms with E-state index in [1.54, 1.807) is 19.1 Å². The van der Waals surface area contributed by atoms with Gasteiger partial charge in [0.2, 0.25) is 15.9 Å². The predicted octanol–water partition coefficient (Wildman–Crippen LogP) is 0.639. The van der Waals surface area contributed by atoms with Gasteiger partial charge in [0.05, 0.1) is 17.5 Å². The fourth-order valence-corrected chi connectivity index (χ4v) is 3.09. The molecule has 1 saturated carbocycles. The fourth-order valence-electron chi connectivity index (χ4n) is 1.90. The molecule has 0 spiro atoms. The van der Waals surface area contributed by atoms with Crippen LogP contribution in [0.2, 0.25) is 0 Å². The Morgan fingerprint density at radius 3 is 2.71 bits per heavy atom. The summed E-state index contributed by atoms with van der Waals surface area (Å²) in [4.78, 5) is 11.8. The molecule has 1 fully saturated rings. The number of hydrogen-bond acceptors (Lipinski definition) is 4. The first-order chi connectivity index (χ1) is 9.80. The summed E-state index contributed by atoms with van der Waals surface area (Å²) in [6.45, 7) is 1.36. The number of aliphatic hydroxyl groups is 1. The molecule has 1 aliphatic rings. The number of nitrogens with one attached hydrogen (secondary N) is 1. The van der Waals surface area contributed by atoms with Crippen LogP contribution in [0.4, 0.5) is 0 Å². The van der Waals surface area contributed by atoms with Gasteiger partial charge in [-0.2, -0.15) is 4.31 Å². The first-order valence-corrected chi connectivity index (χ1v) is 8.28. The highest BCUT2D eigenvalue weighted by Gasteiger charge is 2.27. The molecule has 1 amide bonds. The third-order valence-electron chi connectivity index (χ3n) is 3.36. The summed E-state index contributed by atoms with van der Waals surface area (Å²) >= 11 is 0. The highest BCUT2D eigenvalue weighted by molar-refractivity contribution is 7.89. The summed E-state index contributed by atoms with van der Waals surface area (Å²) in [6.07, 6.45) is 1.17. The number of benzene rings is 1. The first-order valence-electron chi connectivity index (χ1n) is 6.84. The van der Waals surface area contributed by atoms with Gasteiger partial charge in [0.1, 0.15) is 0 Å². The molecular weight excluding hydrogens is 292 g/mol. The van der Waals surface area contributed by atoms with E-state index in [1.165, 1.54) is 19.2 Å². The summed E-state index contributed by atoms with van der Waals surface area (Å²) < 4.78 is 25.8. The van der Waals surface area contributed by atoms with Crippen LogP contribution < -0.4 is 5.32 Å². The van der Waals surface area contributed by atoms with Gasteiger partial charge in [-0.25, -0.2) is 8.42 Å². The lowest BCUT2D eigenvalue weighted by atomic mass is 10.1. The maximum absolute atomic E-state index is 12.4. The number of aliphatic hydroxyl groups excluding tert-OH is 1. The van der Waals surface area contributed by atoms with Gasteiger partial charge in [0.25, 0.3) is 0 Å². The summed E-state index contributed by atoms with van der Waals surface area (Å²) in [5.41, 5.74) is 0.520. The summed E-state index contributed by atoms with van der Waals surface area (Å²) in [5, 5.41) is 12.3. The van der Waals surface area contributed by atoms with E-state index in [0.717, 1.165) is 17.1 Å². The maximum Gasteiger partial charge on any atom is 0.243 e. The topological polar surface area (TPSA) is 86.7 Å². The monoisotopic (exact) mass is 312 g/mol. The van der Waals surface area contributed by atoms with Crippen molar-refractivity contribution >= 4 is 15.9 Å². The fraction of sp³-hybridized carbons (Fsp3) is 0.500. The zero-order valence-electron chi connectivity index (χ0n) is 12.1. The van der Waals surface area contributed by atoms with Crippen molar-refractivity contribution in [1.82, 2.24) is 9.62 Å². The van der Waals surface area contributed by atoms with Crippen LogP contribution in [-0.2, 0) is 14.8 Å². The molecule has 1 aromatic rings. The Balaban J connectivity index is 2.12.